The van der Waals surface area contributed by atoms with Gasteiger partial charge in [-0.2, -0.15) is 0 Å². The van der Waals surface area contributed by atoms with Crippen LogP contribution in [-0.2, 0) is 14.4 Å². The molecule has 5 N–H and O–H groups in total. The van der Waals surface area contributed by atoms with Gasteiger partial charge < -0.3 is 20.8 Å². The SMILES string of the molecule is NCCCCCC[C@@H](NC1CSC(c2cccs2)CN(CC(=O)O)C1=O)C(=O)O. The average Bonchev–Trinajstić information content (AvgIpc) is 3.16. The molecule has 1 saturated heterocycles. The normalized spacial score (nSPS) is 21.0. The van der Waals surface area contributed by atoms with Crippen molar-refractivity contribution in [1.29, 1.82) is 0 Å². The van der Waals surface area contributed by atoms with Crippen LogP contribution < -0.4 is 11.1 Å². The highest BCUT2D eigenvalue weighted by atomic mass is 32.2. The monoisotopic (exact) mass is 443 g/mol. The Morgan fingerprint density at radius 1 is 1.28 bits per heavy atom. The van der Waals surface area contributed by atoms with E-state index in [0.29, 0.717) is 25.3 Å². The van der Waals surface area contributed by atoms with Crippen molar-refractivity contribution in [2.75, 3.05) is 25.4 Å². The summed E-state index contributed by atoms with van der Waals surface area (Å²) in [6.07, 6.45) is 3.91. The Hall–Kier alpha value is -1.62. The first-order valence-electron chi connectivity index (χ1n) is 9.77. The van der Waals surface area contributed by atoms with Crippen molar-refractivity contribution in [1.82, 2.24) is 10.2 Å². The first kappa shape index (κ1) is 23.7. The van der Waals surface area contributed by atoms with E-state index in [1.165, 1.54) is 4.90 Å². The minimum atomic E-state index is -1.08. The third-order valence-electron chi connectivity index (χ3n) is 4.79. The summed E-state index contributed by atoms with van der Waals surface area (Å²) in [6.45, 7) is 0.529. The number of hydrogen-bond acceptors (Lipinski definition) is 7. The molecule has 0 aromatic carbocycles. The molecule has 10 heteroatoms. The van der Waals surface area contributed by atoms with Gasteiger partial charge in [-0.05, 0) is 30.8 Å². The van der Waals surface area contributed by atoms with Gasteiger partial charge in [0.25, 0.3) is 0 Å². The first-order valence-corrected chi connectivity index (χ1v) is 11.7. The summed E-state index contributed by atoms with van der Waals surface area (Å²) in [5, 5.41) is 23.7. The van der Waals surface area contributed by atoms with Gasteiger partial charge in [0.05, 0.1) is 11.3 Å². The Morgan fingerprint density at radius 2 is 2.03 bits per heavy atom. The van der Waals surface area contributed by atoms with Gasteiger partial charge in [0, 0.05) is 17.2 Å². The zero-order chi connectivity index (χ0) is 21.2. The number of aliphatic carboxylic acids is 2. The predicted octanol–water partition coefficient (Wildman–Crippen LogP) is 1.77. The highest BCUT2D eigenvalue weighted by Gasteiger charge is 2.35. The maximum Gasteiger partial charge on any atom is 0.323 e. The van der Waals surface area contributed by atoms with Crippen molar-refractivity contribution >= 4 is 40.9 Å². The molecule has 0 aliphatic carbocycles. The number of carboxylic acid groups (broad SMARTS) is 2. The van der Waals surface area contributed by atoms with Crippen molar-refractivity contribution in [3.8, 4) is 0 Å². The number of rotatable bonds is 12. The number of nitrogens with zero attached hydrogens (tertiary/aromatic N) is 1. The summed E-state index contributed by atoms with van der Waals surface area (Å²) in [5.74, 6) is -2.03. The maximum absolute atomic E-state index is 13.0. The number of amides is 1. The zero-order valence-corrected chi connectivity index (χ0v) is 17.9. The molecule has 2 rings (SSSR count). The van der Waals surface area contributed by atoms with Crippen LogP contribution in [0.4, 0.5) is 0 Å². The van der Waals surface area contributed by atoms with Gasteiger partial charge in [0.15, 0.2) is 0 Å². The van der Waals surface area contributed by atoms with E-state index in [4.69, 9.17) is 5.73 Å². The lowest BCUT2D eigenvalue weighted by Gasteiger charge is -2.26. The van der Waals surface area contributed by atoms with Crippen LogP contribution in [0.3, 0.4) is 0 Å². The standard InChI is InChI=1S/C19H29N3O5S2/c20-8-4-2-1-3-6-13(19(26)27)21-14-12-29-16(15-7-5-9-28-15)10-22(18(14)25)11-17(23)24/h5,7,9,13-14,16,21H,1-4,6,8,10-12,20H2,(H,23,24)(H,26,27)/t13-,14?,16?/m1/s1. The molecule has 29 heavy (non-hydrogen) atoms. The second kappa shape index (κ2) is 12.2. The molecule has 1 aromatic rings. The first-order chi connectivity index (χ1) is 13.9. The van der Waals surface area contributed by atoms with Crippen LogP contribution in [-0.4, -0.2) is 70.4 Å². The summed E-state index contributed by atoms with van der Waals surface area (Å²) in [6, 6.07) is 2.33. The smallest absolute Gasteiger partial charge is 0.323 e. The molecule has 1 fully saturated rings. The Bertz CT molecular complexity index is 671. The Balaban J connectivity index is 2.05. The van der Waals surface area contributed by atoms with Gasteiger partial charge >= 0.3 is 11.9 Å². The lowest BCUT2D eigenvalue weighted by Crippen LogP contribution is -2.53. The molecule has 1 aliphatic heterocycles. The van der Waals surface area contributed by atoms with E-state index >= 15 is 0 Å². The maximum atomic E-state index is 13.0. The van der Waals surface area contributed by atoms with Gasteiger partial charge in [-0.1, -0.05) is 25.3 Å². The number of carbonyl (C=O) groups is 3. The van der Waals surface area contributed by atoms with Gasteiger partial charge in [-0.15, -0.1) is 23.1 Å². The highest BCUT2D eigenvalue weighted by Crippen LogP contribution is 2.35. The quantitative estimate of drug-likeness (QED) is 0.359. The molecular weight excluding hydrogens is 414 g/mol. The lowest BCUT2D eigenvalue weighted by molar-refractivity contribution is -0.146. The Labute approximate surface area is 178 Å². The molecule has 0 saturated carbocycles. The number of unbranched alkanes of at least 4 members (excludes halogenated alkanes) is 3. The summed E-state index contributed by atoms with van der Waals surface area (Å²) in [5.41, 5.74) is 5.47. The van der Waals surface area contributed by atoms with Gasteiger partial charge in [-0.3, -0.25) is 19.7 Å². The van der Waals surface area contributed by atoms with E-state index in [9.17, 15) is 24.6 Å². The molecule has 1 aromatic heterocycles. The second-order valence-corrected chi connectivity index (χ2v) is 9.27. The average molecular weight is 444 g/mol. The van der Waals surface area contributed by atoms with Crippen LogP contribution in [0, 0.1) is 0 Å². The lowest BCUT2D eigenvalue weighted by atomic mass is 10.1. The van der Waals surface area contributed by atoms with E-state index in [-0.39, 0.29) is 11.2 Å². The van der Waals surface area contributed by atoms with Crippen molar-refractivity contribution in [3.05, 3.63) is 22.4 Å². The minimum absolute atomic E-state index is 0.0235. The highest BCUT2D eigenvalue weighted by molar-refractivity contribution is 7.99. The molecule has 2 unspecified atom stereocenters. The number of carboxylic acids is 2. The number of thioether (sulfide) groups is 1. The van der Waals surface area contributed by atoms with E-state index < -0.39 is 30.6 Å². The van der Waals surface area contributed by atoms with Crippen LogP contribution in [0.15, 0.2) is 17.5 Å². The molecule has 8 nitrogen and oxygen atoms in total. The van der Waals surface area contributed by atoms with Crippen molar-refractivity contribution in [3.63, 3.8) is 0 Å². The van der Waals surface area contributed by atoms with Crippen LogP contribution in [0.1, 0.15) is 42.2 Å². The minimum Gasteiger partial charge on any atom is -0.480 e. The van der Waals surface area contributed by atoms with E-state index in [1.54, 1.807) is 23.1 Å². The topological polar surface area (TPSA) is 133 Å². The van der Waals surface area contributed by atoms with Crippen molar-refractivity contribution in [2.24, 2.45) is 5.73 Å². The molecule has 0 spiro atoms. The third-order valence-corrected chi connectivity index (χ3v) is 7.26. The molecule has 1 amide bonds. The fourth-order valence-corrected chi connectivity index (χ4v) is 5.55. The number of nitrogens with two attached hydrogens (primary N) is 1. The Morgan fingerprint density at radius 3 is 2.66 bits per heavy atom. The van der Waals surface area contributed by atoms with Gasteiger partial charge in [0.2, 0.25) is 5.91 Å². The number of carbonyl (C=O) groups excluding carboxylic acids is 1. The molecule has 0 radical (unpaired) electrons. The zero-order valence-electron chi connectivity index (χ0n) is 16.3. The van der Waals surface area contributed by atoms with Crippen molar-refractivity contribution < 1.29 is 24.6 Å². The van der Waals surface area contributed by atoms with E-state index in [1.807, 2.05) is 17.5 Å². The van der Waals surface area contributed by atoms with Gasteiger partial charge in [-0.25, -0.2) is 0 Å². The van der Waals surface area contributed by atoms with Crippen LogP contribution in [0.25, 0.3) is 0 Å². The molecule has 1 aliphatic rings. The predicted molar refractivity (Wildman–Crippen MR) is 114 cm³/mol. The summed E-state index contributed by atoms with van der Waals surface area (Å²) in [7, 11) is 0. The number of hydrogen-bond donors (Lipinski definition) is 4. The fourth-order valence-electron chi connectivity index (χ4n) is 3.29. The summed E-state index contributed by atoms with van der Waals surface area (Å²) < 4.78 is 0. The summed E-state index contributed by atoms with van der Waals surface area (Å²) in [4.78, 5) is 38.3. The van der Waals surface area contributed by atoms with Crippen LogP contribution in [0.2, 0.25) is 0 Å². The molecular formula is C19H29N3O5S2. The summed E-state index contributed by atoms with van der Waals surface area (Å²) >= 11 is 3.13. The van der Waals surface area contributed by atoms with Crippen LogP contribution in [0.5, 0.6) is 0 Å². The third kappa shape index (κ3) is 7.61. The largest absolute Gasteiger partial charge is 0.480 e. The molecule has 2 heterocycles. The number of nitrogens with one attached hydrogen (secondary N) is 1. The number of thiophene rings is 1. The second-order valence-electron chi connectivity index (χ2n) is 7.05. The van der Waals surface area contributed by atoms with Crippen molar-refractivity contribution in [2.45, 2.75) is 49.4 Å². The van der Waals surface area contributed by atoms with E-state index in [0.717, 1.165) is 30.6 Å². The Kier molecular flexibility index (Phi) is 9.92. The molecule has 3 atom stereocenters. The molecule has 0 bridgehead atoms. The van der Waals surface area contributed by atoms with Crippen LogP contribution >= 0.6 is 23.1 Å². The molecule has 162 valence electrons. The fraction of sp³-hybridized carbons (Fsp3) is 0.632. The van der Waals surface area contributed by atoms with E-state index in [2.05, 4.69) is 5.32 Å². The van der Waals surface area contributed by atoms with Gasteiger partial charge in [0.1, 0.15) is 12.6 Å².